The van der Waals surface area contributed by atoms with Gasteiger partial charge in [0, 0.05) is 11.1 Å². The summed E-state index contributed by atoms with van der Waals surface area (Å²) in [5, 5.41) is 7.14. The van der Waals surface area contributed by atoms with Crippen LogP contribution in [0.5, 0.6) is 0 Å². The van der Waals surface area contributed by atoms with Crippen molar-refractivity contribution in [3.05, 3.63) is 64.0 Å². The highest BCUT2D eigenvalue weighted by molar-refractivity contribution is 7.12. The monoisotopic (exact) mass is 323 g/mol. The summed E-state index contributed by atoms with van der Waals surface area (Å²) in [4.78, 5) is 18.1. The fourth-order valence-corrected chi connectivity index (χ4v) is 3.21. The van der Waals surface area contributed by atoms with Gasteiger partial charge < -0.3 is 0 Å². The van der Waals surface area contributed by atoms with Crippen LogP contribution in [0, 0.1) is 6.92 Å². The van der Waals surface area contributed by atoms with Crippen molar-refractivity contribution in [3.8, 4) is 0 Å². The molecule has 2 aromatic heterocycles. The third-order valence-corrected chi connectivity index (χ3v) is 4.44. The van der Waals surface area contributed by atoms with E-state index in [2.05, 4.69) is 15.5 Å². The Labute approximate surface area is 138 Å². The number of thiophene rings is 1. The molecule has 0 spiro atoms. The van der Waals surface area contributed by atoms with Crippen LogP contribution in [-0.4, -0.2) is 16.6 Å². The highest BCUT2D eigenvalue weighted by atomic mass is 32.1. The predicted octanol–water partition coefficient (Wildman–Crippen LogP) is 4.15. The minimum absolute atomic E-state index is 0.214. The van der Waals surface area contributed by atoms with Gasteiger partial charge in [0.05, 0.1) is 21.7 Å². The first-order valence-electron chi connectivity index (χ1n) is 7.46. The van der Waals surface area contributed by atoms with Crippen LogP contribution in [0.3, 0.4) is 0 Å². The Hall–Kier alpha value is -2.53. The van der Waals surface area contributed by atoms with E-state index in [1.54, 1.807) is 17.4 Å². The summed E-state index contributed by atoms with van der Waals surface area (Å²) in [6, 6.07) is 13.4. The minimum atomic E-state index is -0.214. The average Bonchev–Trinajstić information content (AvgIpc) is 3.08. The minimum Gasteiger partial charge on any atom is -0.267 e. The van der Waals surface area contributed by atoms with Gasteiger partial charge in [0.15, 0.2) is 0 Å². The number of aryl methyl sites for hydroxylation is 1. The second-order valence-corrected chi connectivity index (χ2v) is 6.11. The number of pyridine rings is 1. The van der Waals surface area contributed by atoms with Crippen LogP contribution in [0.25, 0.3) is 10.9 Å². The van der Waals surface area contributed by atoms with E-state index in [1.165, 1.54) is 0 Å². The smallest absolute Gasteiger partial charge is 0.267 e. The number of benzene rings is 1. The first-order chi connectivity index (χ1) is 11.2. The van der Waals surface area contributed by atoms with E-state index >= 15 is 0 Å². The summed E-state index contributed by atoms with van der Waals surface area (Å²) in [5.74, 6) is -0.214. The van der Waals surface area contributed by atoms with E-state index in [9.17, 15) is 4.79 Å². The Morgan fingerprint density at radius 2 is 2.09 bits per heavy atom. The molecule has 0 radical (unpaired) electrons. The number of aromatic nitrogens is 1. The number of hydrazone groups is 1. The number of amides is 1. The molecule has 0 saturated heterocycles. The second kappa shape index (κ2) is 6.71. The highest BCUT2D eigenvalue weighted by Crippen LogP contribution is 2.18. The van der Waals surface area contributed by atoms with Crippen molar-refractivity contribution in [3.63, 3.8) is 0 Å². The van der Waals surface area contributed by atoms with Crippen LogP contribution in [-0.2, 0) is 0 Å². The molecule has 2 heterocycles. The van der Waals surface area contributed by atoms with Gasteiger partial charge in [0.2, 0.25) is 0 Å². The first kappa shape index (κ1) is 15.4. The quantitative estimate of drug-likeness (QED) is 0.579. The van der Waals surface area contributed by atoms with Crippen molar-refractivity contribution in [1.82, 2.24) is 10.4 Å². The van der Waals surface area contributed by atoms with Crippen molar-refractivity contribution < 1.29 is 4.79 Å². The fraction of sp³-hybridized carbons (Fsp3) is 0.167. The number of rotatable bonds is 4. The first-order valence-corrected chi connectivity index (χ1v) is 8.34. The van der Waals surface area contributed by atoms with Crippen molar-refractivity contribution in [2.75, 3.05) is 0 Å². The van der Waals surface area contributed by atoms with E-state index in [0.717, 1.165) is 33.6 Å². The Morgan fingerprint density at radius 1 is 1.26 bits per heavy atom. The fourth-order valence-electron chi connectivity index (χ4n) is 2.43. The molecule has 3 rings (SSSR count). The van der Waals surface area contributed by atoms with Crippen LogP contribution in [0.15, 0.2) is 52.9 Å². The number of carbonyl (C=O) groups excluding carboxylic acids is 1. The van der Waals surface area contributed by atoms with Crippen molar-refractivity contribution in [2.24, 2.45) is 5.10 Å². The molecule has 1 amide bonds. The van der Waals surface area contributed by atoms with Crippen LogP contribution in [0.2, 0.25) is 0 Å². The van der Waals surface area contributed by atoms with Gasteiger partial charge in [-0.3, -0.25) is 9.78 Å². The molecule has 0 aliphatic heterocycles. The zero-order valence-corrected chi connectivity index (χ0v) is 13.9. The molecule has 0 saturated carbocycles. The molecule has 0 aliphatic carbocycles. The lowest BCUT2D eigenvalue weighted by Gasteiger charge is -2.07. The number of nitrogens with zero attached hydrogens (tertiary/aromatic N) is 2. The number of nitrogens with one attached hydrogen (secondary N) is 1. The van der Waals surface area contributed by atoms with Crippen LogP contribution < -0.4 is 5.43 Å². The lowest BCUT2D eigenvalue weighted by atomic mass is 10.1. The molecule has 0 atom stereocenters. The zero-order chi connectivity index (χ0) is 16.2. The normalized spacial score (nSPS) is 11.7. The molecule has 1 aromatic carbocycles. The van der Waals surface area contributed by atoms with E-state index in [1.807, 2.05) is 55.6 Å². The average molecular weight is 323 g/mol. The molecule has 1 N–H and O–H groups in total. The maximum Gasteiger partial charge on any atom is 0.272 e. The van der Waals surface area contributed by atoms with Gasteiger partial charge in [-0.1, -0.05) is 31.2 Å². The lowest BCUT2D eigenvalue weighted by molar-refractivity contribution is 0.0956. The highest BCUT2D eigenvalue weighted by Gasteiger charge is 2.12. The molecule has 0 aliphatic rings. The van der Waals surface area contributed by atoms with E-state index < -0.39 is 0 Å². The standard InChI is InChI=1S/C18H17N3OS/c1-3-15(17-9-6-10-23-17)20-21-18(22)14-11-12(2)19-16-8-5-4-7-13(14)16/h4-11H,3H2,1-2H3,(H,21,22). The van der Waals surface area contributed by atoms with Gasteiger partial charge >= 0.3 is 0 Å². The Morgan fingerprint density at radius 3 is 2.83 bits per heavy atom. The van der Waals surface area contributed by atoms with Gasteiger partial charge in [0.25, 0.3) is 5.91 Å². The predicted molar refractivity (Wildman–Crippen MR) is 95.1 cm³/mol. The molecule has 3 aromatic rings. The van der Waals surface area contributed by atoms with Crippen LogP contribution >= 0.6 is 11.3 Å². The molecular weight excluding hydrogens is 306 g/mol. The van der Waals surface area contributed by atoms with Gasteiger partial charge in [-0.05, 0) is 36.9 Å². The number of carbonyl (C=O) groups is 1. The largest absolute Gasteiger partial charge is 0.272 e. The molecule has 4 nitrogen and oxygen atoms in total. The van der Waals surface area contributed by atoms with Crippen molar-refractivity contribution >= 4 is 33.9 Å². The summed E-state index contributed by atoms with van der Waals surface area (Å²) in [6.45, 7) is 3.91. The van der Waals surface area contributed by atoms with Gasteiger partial charge in [-0.25, -0.2) is 5.43 Å². The van der Waals surface area contributed by atoms with E-state index in [-0.39, 0.29) is 5.91 Å². The summed E-state index contributed by atoms with van der Waals surface area (Å²) < 4.78 is 0. The van der Waals surface area contributed by atoms with Gasteiger partial charge in [0.1, 0.15) is 0 Å². The molecule has 0 unspecified atom stereocenters. The Bertz CT molecular complexity index is 869. The van der Waals surface area contributed by atoms with Gasteiger partial charge in [-0.15, -0.1) is 11.3 Å². The van der Waals surface area contributed by atoms with Crippen LogP contribution in [0.1, 0.15) is 34.3 Å². The molecule has 0 bridgehead atoms. The maximum atomic E-state index is 12.6. The second-order valence-electron chi connectivity index (χ2n) is 5.16. The molecule has 0 fully saturated rings. The third kappa shape index (κ3) is 3.29. The number of para-hydroxylation sites is 1. The van der Waals surface area contributed by atoms with Crippen LogP contribution in [0.4, 0.5) is 0 Å². The molecule has 116 valence electrons. The molecule has 5 heteroatoms. The van der Waals surface area contributed by atoms with Crippen molar-refractivity contribution in [2.45, 2.75) is 20.3 Å². The summed E-state index contributed by atoms with van der Waals surface area (Å²) in [6.07, 6.45) is 0.761. The van der Waals surface area contributed by atoms with E-state index in [4.69, 9.17) is 0 Å². The van der Waals surface area contributed by atoms with E-state index in [0.29, 0.717) is 5.56 Å². The van der Waals surface area contributed by atoms with Gasteiger partial charge in [-0.2, -0.15) is 5.10 Å². The number of hydrogen-bond acceptors (Lipinski definition) is 4. The SMILES string of the molecule is CCC(=NNC(=O)c1cc(C)nc2ccccc12)c1cccs1. The molecular formula is C18H17N3OS. The van der Waals surface area contributed by atoms with Crippen molar-refractivity contribution in [1.29, 1.82) is 0 Å². The summed E-state index contributed by atoms with van der Waals surface area (Å²) >= 11 is 1.62. The Kier molecular flexibility index (Phi) is 4.48. The maximum absolute atomic E-state index is 12.6. The third-order valence-electron chi connectivity index (χ3n) is 3.52. The lowest BCUT2D eigenvalue weighted by Crippen LogP contribution is -2.20. The zero-order valence-electron chi connectivity index (χ0n) is 13.0. The summed E-state index contributed by atoms with van der Waals surface area (Å²) in [5.41, 5.74) is 5.79. The topological polar surface area (TPSA) is 54.4 Å². The molecule has 23 heavy (non-hydrogen) atoms. The Balaban J connectivity index is 1.92. The summed E-state index contributed by atoms with van der Waals surface area (Å²) in [7, 11) is 0. The number of fused-ring (bicyclic) bond motifs is 1. The number of hydrogen-bond donors (Lipinski definition) is 1.